The highest BCUT2D eigenvalue weighted by molar-refractivity contribution is 5.84. The van der Waals surface area contributed by atoms with Crippen molar-refractivity contribution in [2.45, 2.75) is 44.6 Å². The molecule has 0 bridgehead atoms. The Labute approximate surface area is 103 Å². The van der Waals surface area contributed by atoms with Crippen molar-refractivity contribution < 1.29 is 9.90 Å². The van der Waals surface area contributed by atoms with Crippen LogP contribution in [0.3, 0.4) is 0 Å². The molecule has 1 aromatic rings. The van der Waals surface area contributed by atoms with E-state index in [4.69, 9.17) is 0 Å². The molecule has 0 spiro atoms. The van der Waals surface area contributed by atoms with Crippen molar-refractivity contribution in [2.24, 2.45) is 5.92 Å². The van der Waals surface area contributed by atoms with Crippen molar-refractivity contribution in [3.05, 3.63) is 35.9 Å². The minimum Gasteiger partial charge on any atom is -0.381 e. The van der Waals surface area contributed by atoms with Gasteiger partial charge in [0.15, 0.2) is 5.78 Å². The smallest absolute Gasteiger partial charge is 0.166 e. The molecule has 1 aliphatic carbocycles. The number of Topliss-reactive ketones (excluding diaryl/α,β-unsaturated/α-hetero) is 1. The molecular formula is C15H20O2. The fourth-order valence-corrected chi connectivity index (χ4v) is 2.61. The summed E-state index contributed by atoms with van der Waals surface area (Å²) in [5.41, 5.74) is 0.716. The predicted octanol–water partition coefficient (Wildman–Crippen LogP) is 3.26. The van der Waals surface area contributed by atoms with Crippen LogP contribution in [0.1, 0.15) is 50.2 Å². The molecule has 2 heteroatoms. The molecule has 1 aromatic carbocycles. The Morgan fingerprint density at radius 2 is 1.82 bits per heavy atom. The maximum Gasteiger partial charge on any atom is 0.166 e. The van der Waals surface area contributed by atoms with E-state index in [9.17, 15) is 9.90 Å². The topological polar surface area (TPSA) is 37.3 Å². The molecule has 1 saturated carbocycles. The zero-order chi connectivity index (χ0) is 12.1. The molecule has 17 heavy (non-hydrogen) atoms. The van der Waals surface area contributed by atoms with E-state index >= 15 is 0 Å². The fourth-order valence-electron chi connectivity index (χ4n) is 2.61. The molecule has 1 fully saturated rings. The Morgan fingerprint density at radius 3 is 2.47 bits per heavy atom. The second-order valence-corrected chi connectivity index (χ2v) is 4.99. The number of hydrogen-bond acceptors (Lipinski definition) is 2. The van der Waals surface area contributed by atoms with Crippen molar-refractivity contribution in [3.8, 4) is 0 Å². The zero-order valence-electron chi connectivity index (χ0n) is 10.1. The average Bonchev–Trinajstić information content (AvgIpc) is 2.40. The van der Waals surface area contributed by atoms with Gasteiger partial charge in [-0.1, -0.05) is 62.4 Å². The molecule has 2 rings (SSSR count). The maximum absolute atomic E-state index is 12.0. The first-order valence-corrected chi connectivity index (χ1v) is 6.53. The van der Waals surface area contributed by atoms with Gasteiger partial charge in [-0.15, -0.1) is 0 Å². The van der Waals surface area contributed by atoms with Gasteiger partial charge in [0, 0.05) is 6.42 Å². The number of carbonyl (C=O) groups excluding carboxylic acids is 1. The van der Waals surface area contributed by atoms with Gasteiger partial charge >= 0.3 is 0 Å². The summed E-state index contributed by atoms with van der Waals surface area (Å²) in [6.45, 7) is 0. The van der Waals surface area contributed by atoms with E-state index in [0.29, 0.717) is 17.9 Å². The van der Waals surface area contributed by atoms with Crippen molar-refractivity contribution >= 4 is 5.78 Å². The summed E-state index contributed by atoms with van der Waals surface area (Å²) in [4.78, 5) is 12.0. The zero-order valence-corrected chi connectivity index (χ0v) is 10.1. The van der Waals surface area contributed by atoms with Gasteiger partial charge in [0.2, 0.25) is 0 Å². The number of benzene rings is 1. The summed E-state index contributed by atoms with van der Waals surface area (Å²) in [7, 11) is 0. The molecule has 0 saturated heterocycles. The lowest BCUT2D eigenvalue weighted by atomic mass is 9.84. The van der Waals surface area contributed by atoms with Gasteiger partial charge in [-0.3, -0.25) is 4.79 Å². The summed E-state index contributed by atoms with van der Waals surface area (Å²) in [6.07, 6.45) is 5.67. The first-order valence-electron chi connectivity index (χ1n) is 6.53. The van der Waals surface area contributed by atoms with Crippen molar-refractivity contribution in [1.29, 1.82) is 0 Å². The highest BCUT2D eigenvalue weighted by Gasteiger charge is 2.22. The van der Waals surface area contributed by atoms with Crippen LogP contribution in [-0.2, 0) is 4.79 Å². The van der Waals surface area contributed by atoms with Crippen LogP contribution in [0.4, 0.5) is 0 Å². The van der Waals surface area contributed by atoms with E-state index in [-0.39, 0.29) is 5.78 Å². The third-order valence-electron chi connectivity index (χ3n) is 3.63. The van der Waals surface area contributed by atoms with Gasteiger partial charge in [-0.25, -0.2) is 0 Å². The minimum absolute atomic E-state index is 0.0249. The molecule has 0 aromatic heterocycles. The van der Waals surface area contributed by atoms with Crippen LogP contribution in [0.15, 0.2) is 30.3 Å². The number of rotatable bonds is 4. The van der Waals surface area contributed by atoms with Gasteiger partial charge < -0.3 is 5.11 Å². The first-order chi connectivity index (χ1) is 8.27. The van der Waals surface area contributed by atoms with E-state index in [2.05, 4.69) is 0 Å². The SMILES string of the molecule is O=C(CC1CCCCC1)C(O)c1ccccc1. The van der Waals surface area contributed by atoms with Crippen molar-refractivity contribution in [3.63, 3.8) is 0 Å². The summed E-state index contributed by atoms with van der Waals surface area (Å²) < 4.78 is 0. The highest BCUT2D eigenvalue weighted by Crippen LogP contribution is 2.28. The summed E-state index contributed by atoms with van der Waals surface area (Å²) in [5, 5.41) is 9.97. The molecule has 1 unspecified atom stereocenters. The van der Waals surface area contributed by atoms with Crippen LogP contribution < -0.4 is 0 Å². The molecule has 0 aliphatic heterocycles. The third kappa shape index (κ3) is 3.40. The van der Waals surface area contributed by atoms with Crippen LogP contribution in [-0.4, -0.2) is 10.9 Å². The summed E-state index contributed by atoms with van der Waals surface area (Å²) in [5.74, 6) is 0.470. The van der Waals surface area contributed by atoms with Crippen LogP contribution >= 0.6 is 0 Å². The first kappa shape index (κ1) is 12.3. The number of ketones is 1. The average molecular weight is 232 g/mol. The second-order valence-electron chi connectivity index (χ2n) is 4.99. The molecule has 0 radical (unpaired) electrons. The van der Waals surface area contributed by atoms with Gasteiger partial charge in [-0.05, 0) is 11.5 Å². The lowest BCUT2D eigenvalue weighted by molar-refractivity contribution is -0.128. The minimum atomic E-state index is -0.932. The normalized spacial score (nSPS) is 18.9. The Balaban J connectivity index is 1.91. The summed E-state index contributed by atoms with van der Waals surface area (Å²) in [6, 6.07) is 9.22. The molecule has 0 heterocycles. The number of carbonyl (C=O) groups is 1. The largest absolute Gasteiger partial charge is 0.381 e. The molecule has 1 atom stereocenters. The molecule has 1 aliphatic rings. The molecule has 1 N–H and O–H groups in total. The third-order valence-corrected chi connectivity index (χ3v) is 3.63. The van der Waals surface area contributed by atoms with Crippen LogP contribution in [0.25, 0.3) is 0 Å². The van der Waals surface area contributed by atoms with Crippen LogP contribution in [0, 0.1) is 5.92 Å². The van der Waals surface area contributed by atoms with E-state index in [1.54, 1.807) is 0 Å². The molecular weight excluding hydrogens is 212 g/mol. The molecule has 2 nitrogen and oxygen atoms in total. The lowest BCUT2D eigenvalue weighted by Gasteiger charge is -2.21. The number of aliphatic hydroxyl groups is 1. The van der Waals surface area contributed by atoms with Crippen LogP contribution in [0.2, 0.25) is 0 Å². The van der Waals surface area contributed by atoms with E-state index in [1.165, 1.54) is 19.3 Å². The Bertz CT molecular complexity index is 352. The Kier molecular flexibility index (Phi) is 4.32. The molecule has 0 amide bonds. The van der Waals surface area contributed by atoms with Crippen molar-refractivity contribution in [2.75, 3.05) is 0 Å². The van der Waals surface area contributed by atoms with E-state index in [1.807, 2.05) is 30.3 Å². The lowest BCUT2D eigenvalue weighted by Crippen LogP contribution is -2.18. The second kappa shape index (κ2) is 5.97. The quantitative estimate of drug-likeness (QED) is 0.865. The van der Waals surface area contributed by atoms with Gasteiger partial charge in [0.25, 0.3) is 0 Å². The molecule has 92 valence electrons. The van der Waals surface area contributed by atoms with Crippen molar-refractivity contribution in [1.82, 2.24) is 0 Å². The van der Waals surface area contributed by atoms with Gasteiger partial charge in [0.05, 0.1) is 0 Å². The highest BCUT2D eigenvalue weighted by atomic mass is 16.3. The van der Waals surface area contributed by atoms with Gasteiger partial charge in [0.1, 0.15) is 6.10 Å². The Hall–Kier alpha value is -1.15. The summed E-state index contributed by atoms with van der Waals surface area (Å²) >= 11 is 0. The standard InChI is InChI=1S/C15H20O2/c16-14(11-12-7-3-1-4-8-12)15(17)13-9-5-2-6-10-13/h2,5-6,9-10,12,15,17H,1,3-4,7-8,11H2. The Morgan fingerprint density at radius 1 is 1.18 bits per heavy atom. The fraction of sp³-hybridized carbons (Fsp3) is 0.533. The maximum atomic E-state index is 12.0. The van der Waals surface area contributed by atoms with Gasteiger partial charge in [-0.2, -0.15) is 0 Å². The number of aliphatic hydroxyl groups excluding tert-OH is 1. The van der Waals surface area contributed by atoms with E-state index < -0.39 is 6.10 Å². The number of hydrogen-bond donors (Lipinski definition) is 1. The predicted molar refractivity (Wildman–Crippen MR) is 67.6 cm³/mol. The van der Waals surface area contributed by atoms with E-state index in [0.717, 1.165) is 12.8 Å². The van der Waals surface area contributed by atoms with Crippen LogP contribution in [0.5, 0.6) is 0 Å². The monoisotopic (exact) mass is 232 g/mol.